The maximum absolute atomic E-state index is 12.4. The van der Waals surface area contributed by atoms with E-state index in [0.717, 1.165) is 22.8 Å². The molecule has 2 bridgehead atoms. The number of nitrogens with zero attached hydrogens (tertiary/aromatic N) is 1. The Bertz CT molecular complexity index is 513. The Labute approximate surface area is 135 Å². The molecule has 2 atom stereocenters. The van der Waals surface area contributed by atoms with Crippen molar-refractivity contribution in [3.63, 3.8) is 0 Å². The molecule has 2 aliphatic rings. The average Bonchev–Trinajstić information content (AvgIpc) is 2.83. The summed E-state index contributed by atoms with van der Waals surface area (Å²) < 4.78 is 0. The van der Waals surface area contributed by atoms with E-state index in [2.05, 4.69) is 5.32 Å². The van der Waals surface area contributed by atoms with E-state index in [9.17, 15) is 4.79 Å². The Morgan fingerprint density at radius 1 is 1.33 bits per heavy atom. The Morgan fingerprint density at radius 2 is 2.00 bits per heavy atom. The molecule has 2 heterocycles. The molecule has 1 N–H and O–H groups in total. The van der Waals surface area contributed by atoms with Gasteiger partial charge < -0.3 is 10.2 Å². The summed E-state index contributed by atoms with van der Waals surface area (Å²) in [5.41, 5.74) is 0. The molecule has 1 aromatic carbocycles. The largest absolute Gasteiger partial charge is 0.342 e. The smallest absolute Gasteiger partial charge is 0.232 e. The molecule has 2 saturated heterocycles. The predicted octanol–water partition coefficient (Wildman–Crippen LogP) is 3.17. The van der Waals surface area contributed by atoms with E-state index in [-0.39, 0.29) is 5.91 Å². The molecular formula is C16H21ClN2OS. The van der Waals surface area contributed by atoms with Gasteiger partial charge in [-0.3, -0.25) is 4.79 Å². The molecular weight excluding hydrogens is 304 g/mol. The lowest BCUT2D eigenvalue weighted by atomic mass is 9.98. The van der Waals surface area contributed by atoms with Crippen molar-refractivity contribution in [1.29, 1.82) is 0 Å². The van der Waals surface area contributed by atoms with Crippen molar-refractivity contribution in [3.8, 4) is 0 Å². The van der Waals surface area contributed by atoms with Gasteiger partial charge in [-0.05, 0) is 37.8 Å². The number of benzene rings is 1. The first-order chi connectivity index (χ1) is 10.1. The van der Waals surface area contributed by atoms with Crippen molar-refractivity contribution in [1.82, 2.24) is 10.2 Å². The van der Waals surface area contributed by atoms with E-state index >= 15 is 0 Å². The molecule has 2 aliphatic heterocycles. The number of nitrogens with one attached hydrogen (secondary N) is 1. The highest BCUT2D eigenvalue weighted by atomic mass is 35.5. The number of halogens is 1. The molecule has 21 heavy (non-hydrogen) atoms. The fraction of sp³-hybridized carbons (Fsp3) is 0.562. The zero-order valence-corrected chi connectivity index (χ0v) is 13.8. The molecule has 0 spiro atoms. The van der Waals surface area contributed by atoms with Gasteiger partial charge in [0, 0.05) is 30.1 Å². The lowest BCUT2D eigenvalue weighted by molar-refractivity contribution is -0.129. The average molecular weight is 325 g/mol. The van der Waals surface area contributed by atoms with E-state index in [1.54, 1.807) is 0 Å². The number of thioether (sulfide) groups is 1. The Balaban J connectivity index is 1.54. The van der Waals surface area contributed by atoms with Gasteiger partial charge in [0.1, 0.15) is 0 Å². The van der Waals surface area contributed by atoms with Crippen LogP contribution >= 0.6 is 23.4 Å². The van der Waals surface area contributed by atoms with Crippen molar-refractivity contribution in [2.24, 2.45) is 0 Å². The van der Waals surface area contributed by atoms with Gasteiger partial charge in [-0.25, -0.2) is 0 Å². The molecule has 1 amide bonds. The molecule has 5 heteroatoms. The third kappa shape index (κ3) is 3.55. The number of piperidine rings is 1. The van der Waals surface area contributed by atoms with Crippen molar-refractivity contribution < 1.29 is 4.79 Å². The number of hydrogen-bond donors (Lipinski definition) is 1. The van der Waals surface area contributed by atoms with Gasteiger partial charge in [0.15, 0.2) is 0 Å². The topological polar surface area (TPSA) is 32.3 Å². The summed E-state index contributed by atoms with van der Waals surface area (Å²) in [6, 6.07) is 9.30. The van der Waals surface area contributed by atoms with Crippen LogP contribution in [-0.4, -0.2) is 41.7 Å². The van der Waals surface area contributed by atoms with Crippen LogP contribution in [0.4, 0.5) is 0 Å². The number of carbonyl (C=O) groups excluding carboxylic acids is 1. The highest BCUT2D eigenvalue weighted by molar-refractivity contribution is 8.00. The zero-order chi connectivity index (χ0) is 14.8. The minimum atomic E-state index is 0.200. The third-order valence-corrected chi connectivity index (χ3v) is 6.08. The first-order valence-corrected chi connectivity index (χ1v) is 8.89. The summed E-state index contributed by atoms with van der Waals surface area (Å²) in [4.78, 5) is 15.3. The van der Waals surface area contributed by atoms with Gasteiger partial charge in [0.05, 0.1) is 10.8 Å². The van der Waals surface area contributed by atoms with Crippen LogP contribution in [0.25, 0.3) is 0 Å². The number of fused-ring (bicyclic) bond motifs is 2. The van der Waals surface area contributed by atoms with Crippen LogP contribution in [0.15, 0.2) is 29.2 Å². The van der Waals surface area contributed by atoms with Crippen LogP contribution in [0, 0.1) is 0 Å². The van der Waals surface area contributed by atoms with Gasteiger partial charge in [-0.15, -0.1) is 11.8 Å². The van der Waals surface area contributed by atoms with Crippen LogP contribution in [0.3, 0.4) is 0 Å². The first-order valence-electron chi connectivity index (χ1n) is 7.52. The quantitative estimate of drug-likeness (QED) is 0.863. The molecule has 2 fully saturated rings. The Kier molecular flexibility index (Phi) is 4.77. The molecule has 114 valence electrons. The molecule has 1 aromatic rings. The van der Waals surface area contributed by atoms with E-state index < -0.39 is 0 Å². The molecule has 0 radical (unpaired) electrons. The van der Waals surface area contributed by atoms with Crippen molar-refractivity contribution >= 4 is 29.3 Å². The molecule has 3 nitrogen and oxygen atoms in total. The number of carbonyl (C=O) groups is 1. The van der Waals surface area contributed by atoms with E-state index in [1.165, 1.54) is 24.6 Å². The van der Waals surface area contributed by atoms with Crippen LogP contribution in [0.2, 0.25) is 5.02 Å². The van der Waals surface area contributed by atoms with Gasteiger partial charge in [-0.1, -0.05) is 23.7 Å². The third-order valence-electron chi connectivity index (χ3n) is 4.58. The van der Waals surface area contributed by atoms with Crippen molar-refractivity contribution in [2.75, 3.05) is 12.8 Å². The van der Waals surface area contributed by atoms with Crippen LogP contribution in [-0.2, 0) is 4.79 Å². The summed E-state index contributed by atoms with van der Waals surface area (Å²) >= 11 is 7.65. The second-order valence-electron chi connectivity index (χ2n) is 5.99. The highest BCUT2D eigenvalue weighted by Gasteiger charge is 2.36. The van der Waals surface area contributed by atoms with Gasteiger partial charge in [-0.2, -0.15) is 0 Å². The summed E-state index contributed by atoms with van der Waals surface area (Å²) in [7, 11) is 1.95. The normalized spacial score (nSPS) is 27.6. The zero-order valence-electron chi connectivity index (χ0n) is 12.2. The molecule has 2 unspecified atom stereocenters. The maximum Gasteiger partial charge on any atom is 0.232 e. The van der Waals surface area contributed by atoms with Gasteiger partial charge in [0.25, 0.3) is 0 Å². The predicted molar refractivity (Wildman–Crippen MR) is 87.9 cm³/mol. The van der Waals surface area contributed by atoms with Crippen molar-refractivity contribution in [2.45, 2.75) is 48.7 Å². The molecule has 0 saturated carbocycles. The summed E-state index contributed by atoms with van der Waals surface area (Å²) in [6.07, 6.45) is 4.71. The minimum Gasteiger partial charge on any atom is -0.342 e. The summed E-state index contributed by atoms with van der Waals surface area (Å²) in [6.45, 7) is 0. The van der Waals surface area contributed by atoms with E-state index in [4.69, 9.17) is 11.6 Å². The Morgan fingerprint density at radius 3 is 2.67 bits per heavy atom. The lowest BCUT2D eigenvalue weighted by Gasteiger charge is -2.35. The second kappa shape index (κ2) is 6.59. The maximum atomic E-state index is 12.4. The van der Waals surface area contributed by atoms with Crippen LogP contribution < -0.4 is 5.32 Å². The fourth-order valence-electron chi connectivity index (χ4n) is 3.35. The van der Waals surface area contributed by atoms with Gasteiger partial charge >= 0.3 is 0 Å². The summed E-state index contributed by atoms with van der Waals surface area (Å²) in [5, 5.41) is 4.34. The highest BCUT2D eigenvalue weighted by Crippen LogP contribution is 2.30. The molecule has 3 rings (SSSR count). The van der Waals surface area contributed by atoms with E-state index in [1.807, 2.05) is 36.2 Å². The lowest BCUT2D eigenvalue weighted by Crippen LogP contribution is -2.49. The fourth-order valence-corrected chi connectivity index (χ4v) is 4.51. The number of hydrogen-bond acceptors (Lipinski definition) is 3. The van der Waals surface area contributed by atoms with Crippen molar-refractivity contribution in [3.05, 3.63) is 29.3 Å². The number of amides is 1. The van der Waals surface area contributed by atoms with Gasteiger partial charge in [0.2, 0.25) is 5.91 Å². The summed E-state index contributed by atoms with van der Waals surface area (Å²) in [5.74, 6) is 0.658. The SMILES string of the molecule is CN(C(=O)CSc1ccccc1Cl)C1CC2CCC(C1)N2. The standard InChI is InChI=1S/C16H21ClN2OS/c1-19(13-8-11-6-7-12(9-13)18-11)16(20)10-21-15-5-3-2-4-14(15)17/h2-5,11-13,18H,6-10H2,1H3. The first kappa shape index (κ1) is 15.2. The second-order valence-corrected chi connectivity index (χ2v) is 7.41. The van der Waals surface area contributed by atoms with E-state index in [0.29, 0.717) is 23.9 Å². The van der Waals surface area contributed by atoms with Crippen LogP contribution in [0.1, 0.15) is 25.7 Å². The minimum absolute atomic E-state index is 0.200. The van der Waals surface area contributed by atoms with Crippen LogP contribution in [0.5, 0.6) is 0 Å². The Hall–Kier alpha value is -0.710. The number of rotatable bonds is 4. The molecule has 0 aromatic heterocycles. The monoisotopic (exact) mass is 324 g/mol. The molecule has 0 aliphatic carbocycles.